The van der Waals surface area contributed by atoms with E-state index in [4.69, 9.17) is 24.4 Å². The lowest BCUT2D eigenvalue weighted by molar-refractivity contribution is -0.531. The number of fused-ring (bicyclic) bond motifs is 3. The molecule has 3 aromatic heterocycles. The number of alkyl carbamates (subject to hydrolysis) is 2. The third-order valence-electron chi connectivity index (χ3n) is 17.3. The van der Waals surface area contributed by atoms with Gasteiger partial charge in [0, 0.05) is 104 Å². The minimum absolute atomic E-state index is 0. The SMILES string of the molecule is CC([NH+]=O)C1CCN(c2nccc(-c3ccc4ccccc4c3)n2)CC1.C[C@@H](NC(=O)OC(C)(C)C)C1CCN(c2nccc(-c3ccc4ccccc4c3)n2)CC1.C[C@H](NC(=O)OC(C)(C)C)C1CCN(c2nccc(-c3ccc4ccccc4c3)n2)CC1.[OH-]. The highest BCUT2D eigenvalue weighted by Gasteiger charge is 2.31. The molecule has 12 rings (SSSR count). The van der Waals surface area contributed by atoms with Crippen LogP contribution in [0.25, 0.3) is 66.1 Å². The van der Waals surface area contributed by atoms with Gasteiger partial charge in [-0.1, -0.05) is 109 Å². The third kappa shape index (κ3) is 18.1. The molecule has 6 aromatic carbocycles. The minimum atomic E-state index is -0.486. The fourth-order valence-corrected chi connectivity index (χ4v) is 12.1. The molecule has 3 saturated heterocycles. The second-order valence-corrected chi connectivity index (χ2v) is 26.2. The van der Waals surface area contributed by atoms with Gasteiger partial charge in [0.2, 0.25) is 17.8 Å². The first kappa shape index (κ1) is 66.3. The van der Waals surface area contributed by atoms with Gasteiger partial charge in [0.15, 0.2) is 6.04 Å². The van der Waals surface area contributed by atoms with E-state index in [9.17, 15) is 14.5 Å². The second-order valence-electron chi connectivity index (χ2n) is 26.2. The predicted octanol–water partition coefficient (Wildman–Crippen LogP) is 13.4. The first-order valence-electron chi connectivity index (χ1n) is 31.9. The number of carbonyl (C=O) groups excluding carboxylic acids is 2. The van der Waals surface area contributed by atoms with Crippen molar-refractivity contribution < 1.29 is 29.7 Å². The summed E-state index contributed by atoms with van der Waals surface area (Å²) in [6, 6.07) is 50.4. The quantitative estimate of drug-likeness (QED) is 0.103. The molecule has 2 amide bonds. The molecule has 0 radical (unpaired) electrons. The number of ether oxygens (including phenoxy) is 2. The van der Waals surface area contributed by atoms with Gasteiger partial charge in [-0.2, -0.15) is 0 Å². The van der Waals surface area contributed by atoms with Crippen molar-refractivity contribution in [3.8, 4) is 33.8 Å². The van der Waals surface area contributed by atoms with Crippen molar-refractivity contribution in [2.24, 2.45) is 17.8 Å². The zero-order valence-corrected chi connectivity index (χ0v) is 54.1. The maximum atomic E-state index is 12.1. The van der Waals surface area contributed by atoms with Crippen LogP contribution in [-0.2, 0) is 9.47 Å². The number of hydrogen-bond acceptors (Lipinski definition) is 15. The summed E-state index contributed by atoms with van der Waals surface area (Å²) in [5, 5.41) is 15.4. The average Bonchev–Trinajstić information content (AvgIpc) is 1.60. The molecular formula is C73H88N12O6. The summed E-state index contributed by atoms with van der Waals surface area (Å²) in [7, 11) is 0. The molecule has 0 bridgehead atoms. The van der Waals surface area contributed by atoms with Crippen LogP contribution in [-0.4, -0.2) is 116 Å². The first-order chi connectivity index (χ1) is 43.3. The van der Waals surface area contributed by atoms with Crippen LogP contribution in [0.5, 0.6) is 0 Å². The fraction of sp³-hybridized carbons (Fsp3) is 0.397. The number of carbonyl (C=O) groups is 2. The highest BCUT2D eigenvalue weighted by Crippen LogP contribution is 2.31. The molecule has 3 aliphatic heterocycles. The van der Waals surface area contributed by atoms with Crippen LogP contribution in [0.1, 0.15) is 101 Å². The highest BCUT2D eigenvalue weighted by atomic mass is 16.6. The highest BCUT2D eigenvalue weighted by molar-refractivity contribution is 5.89. The Kier molecular flexibility index (Phi) is 21.9. The van der Waals surface area contributed by atoms with Crippen molar-refractivity contribution in [1.82, 2.24) is 40.5 Å². The number of nitrogens with zero attached hydrogens (tertiary/aromatic N) is 9. The Labute approximate surface area is 534 Å². The van der Waals surface area contributed by atoms with Gasteiger partial charge in [0.1, 0.15) is 11.2 Å². The van der Waals surface area contributed by atoms with E-state index in [1.165, 1.54) is 32.3 Å². The lowest BCUT2D eigenvalue weighted by Gasteiger charge is -2.35. The number of aromatic nitrogens is 6. The fourth-order valence-electron chi connectivity index (χ4n) is 12.1. The van der Waals surface area contributed by atoms with Gasteiger partial charge in [0.05, 0.1) is 17.1 Å². The van der Waals surface area contributed by atoms with E-state index in [-0.39, 0.29) is 35.8 Å². The van der Waals surface area contributed by atoms with Crippen LogP contribution in [0.3, 0.4) is 0 Å². The molecule has 9 aromatic rings. The Morgan fingerprint density at radius 2 is 0.725 bits per heavy atom. The van der Waals surface area contributed by atoms with E-state index in [1.54, 1.807) is 0 Å². The van der Waals surface area contributed by atoms with Crippen molar-refractivity contribution in [1.29, 1.82) is 0 Å². The van der Waals surface area contributed by atoms with Crippen molar-refractivity contribution in [2.45, 2.75) is 130 Å². The molecule has 6 heterocycles. The topological polar surface area (TPSA) is 225 Å². The molecule has 3 atom stereocenters. The Morgan fingerprint density at radius 3 is 1.01 bits per heavy atom. The summed E-state index contributed by atoms with van der Waals surface area (Å²) in [4.78, 5) is 69.8. The molecule has 476 valence electrons. The molecular weight excluding hydrogens is 1140 g/mol. The van der Waals surface area contributed by atoms with Crippen molar-refractivity contribution in [2.75, 3.05) is 54.0 Å². The van der Waals surface area contributed by atoms with E-state index in [1.807, 2.05) is 85.3 Å². The lowest BCUT2D eigenvalue weighted by Crippen LogP contribution is -2.74. The Balaban J connectivity index is 0.000000162. The number of amides is 2. The Morgan fingerprint density at radius 1 is 0.440 bits per heavy atom. The zero-order chi connectivity index (χ0) is 63.4. The number of piperidine rings is 3. The molecule has 0 spiro atoms. The average molecular weight is 1230 g/mol. The monoisotopic (exact) mass is 1230 g/mol. The third-order valence-corrected chi connectivity index (χ3v) is 17.3. The standard InChI is InChI=1S/2C26H32N4O2.C21H22N4O.H2O/c2*1-18(28-25(31)32-26(2,3)4)19-12-15-30(16-13-19)24-27-14-11-23(29-24)22-10-9-20-7-5-6-8-21(20)17-22;1-15(24-26)16-9-12-25(13-10-16)21-22-11-8-20(23-21)19-7-6-17-4-2-3-5-18(17)14-19;/h2*5-11,14,17-19H,12-13,15-16H2,1-4H3,(H,28,31);2-8,11,14-16H,9-10,12-13H2,1H3;1H2/t2*18-;;/m10../s1. The Hall–Kier alpha value is -9.16. The molecule has 4 N–H and O–H groups in total. The van der Waals surface area contributed by atoms with Gasteiger partial charge < -0.3 is 40.3 Å². The van der Waals surface area contributed by atoms with Crippen LogP contribution in [0, 0.1) is 22.7 Å². The minimum Gasteiger partial charge on any atom is -0.870 e. The molecule has 18 heteroatoms. The number of nitrogens with one attached hydrogen (secondary N) is 3. The van der Waals surface area contributed by atoms with Crippen LogP contribution < -0.4 is 30.5 Å². The molecule has 0 aliphatic carbocycles. The summed E-state index contributed by atoms with van der Waals surface area (Å²) in [5.41, 5.74) is 5.13. The summed E-state index contributed by atoms with van der Waals surface area (Å²) in [5.74, 6) is 3.54. The number of nitroso groups, excluding NO2 is 1. The van der Waals surface area contributed by atoms with Crippen LogP contribution in [0.2, 0.25) is 0 Å². The molecule has 0 saturated carbocycles. The molecule has 3 aliphatic rings. The number of anilines is 3. The van der Waals surface area contributed by atoms with E-state index < -0.39 is 11.2 Å². The zero-order valence-electron chi connectivity index (χ0n) is 54.1. The van der Waals surface area contributed by atoms with Gasteiger partial charge >= 0.3 is 12.2 Å². The second kappa shape index (κ2) is 30.1. The molecule has 1 unspecified atom stereocenters. The van der Waals surface area contributed by atoms with Crippen LogP contribution >= 0.6 is 0 Å². The van der Waals surface area contributed by atoms with Gasteiger partial charge in [-0.25, -0.2) is 39.5 Å². The van der Waals surface area contributed by atoms with E-state index in [2.05, 4.69) is 187 Å². The van der Waals surface area contributed by atoms with Crippen LogP contribution in [0.4, 0.5) is 27.4 Å². The Bertz CT molecular complexity index is 3710. The van der Waals surface area contributed by atoms with E-state index >= 15 is 0 Å². The maximum absolute atomic E-state index is 12.1. The summed E-state index contributed by atoms with van der Waals surface area (Å²) in [6.07, 6.45) is 10.7. The number of benzene rings is 6. The van der Waals surface area contributed by atoms with Gasteiger partial charge in [-0.3, -0.25) is 0 Å². The normalized spacial score (nSPS) is 16.0. The summed E-state index contributed by atoms with van der Waals surface area (Å²) in [6.45, 7) is 22.6. The first-order valence-corrected chi connectivity index (χ1v) is 31.9. The molecule has 18 nitrogen and oxygen atoms in total. The maximum Gasteiger partial charge on any atom is 0.407 e. The molecule has 91 heavy (non-hydrogen) atoms. The van der Waals surface area contributed by atoms with Gasteiger partial charge in [-0.05, 0) is 180 Å². The van der Waals surface area contributed by atoms with Gasteiger partial charge in [-0.15, -0.1) is 0 Å². The molecule has 3 fully saturated rings. The summed E-state index contributed by atoms with van der Waals surface area (Å²) < 4.78 is 10.8. The van der Waals surface area contributed by atoms with E-state index in [0.717, 1.165) is 129 Å². The van der Waals surface area contributed by atoms with Crippen molar-refractivity contribution in [3.05, 3.63) is 169 Å². The largest absolute Gasteiger partial charge is 0.870 e. The van der Waals surface area contributed by atoms with Gasteiger partial charge in [0.25, 0.3) is 0 Å². The predicted molar refractivity (Wildman–Crippen MR) is 363 cm³/mol. The van der Waals surface area contributed by atoms with Crippen molar-refractivity contribution in [3.63, 3.8) is 0 Å². The van der Waals surface area contributed by atoms with E-state index in [0.29, 0.717) is 17.8 Å². The van der Waals surface area contributed by atoms with Crippen LogP contribution in [0.15, 0.2) is 164 Å². The lowest BCUT2D eigenvalue weighted by atomic mass is 9.90. The smallest absolute Gasteiger partial charge is 0.407 e. The van der Waals surface area contributed by atoms with Crippen molar-refractivity contribution >= 4 is 62.3 Å². The number of rotatable bonds is 12. The summed E-state index contributed by atoms with van der Waals surface area (Å²) >= 11 is 0. The number of hydrogen-bond donors (Lipinski definition) is 3.